The van der Waals surface area contributed by atoms with E-state index >= 15 is 0 Å². The number of amides is 1. The van der Waals surface area contributed by atoms with Crippen molar-refractivity contribution in [1.29, 1.82) is 0 Å². The molecule has 0 bridgehead atoms. The van der Waals surface area contributed by atoms with Crippen LogP contribution in [-0.2, 0) is 0 Å². The van der Waals surface area contributed by atoms with Gasteiger partial charge in [-0.3, -0.25) is 4.79 Å². The third kappa shape index (κ3) is 3.57. The Morgan fingerprint density at radius 2 is 2.28 bits per heavy atom. The lowest BCUT2D eigenvalue weighted by Crippen LogP contribution is -2.45. The van der Waals surface area contributed by atoms with Gasteiger partial charge in [0.1, 0.15) is 0 Å². The molecule has 0 aliphatic carbocycles. The van der Waals surface area contributed by atoms with E-state index in [2.05, 4.69) is 10.6 Å². The van der Waals surface area contributed by atoms with E-state index in [9.17, 15) is 9.18 Å². The van der Waals surface area contributed by atoms with E-state index in [0.717, 1.165) is 25.9 Å². The molecule has 1 aromatic rings. The Morgan fingerprint density at radius 1 is 1.50 bits per heavy atom. The summed E-state index contributed by atoms with van der Waals surface area (Å²) >= 11 is 5.63. The van der Waals surface area contributed by atoms with E-state index in [-0.39, 0.29) is 29.0 Å². The molecule has 1 heterocycles. The van der Waals surface area contributed by atoms with Crippen LogP contribution in [0.5, 0.6) is 0 Å². The number of halogens is 3. The summed E-state index contributed by atoms with van der Waals surface area (Å²) in [6.45, 7) is 1.70. The monoisotopic (exact) mass is 292 g/mol. The minimum atomic E-state index is -0.657. The van der Waals surface area contributed by atoms with Gasteiger partial charge in [0, 0.05) is 12.6 Å². The molecule has 1 aromatic carbocycles. The summed E-state index contributed by atoms with van der Waals surface area (Å²) in [6.07, 6.45) is 1.93. The Hall–Kier alpha value is -0.840. The predicted octanol–water partition coefficient (Wildman–Crippen LogP) is 2.38. The average molecular weight is 293 g/mol. The maximum atomic E-state index is 13.6. The topological polar surface area (TPSA) is 41.1 Å². The van der Waals surface area contributed by atoms with Crippen molar-refractivity contribution < 1.29 is 9.18 Å². The minimum Gasteiger partial charge on any atom is -0.348 e. The number of hydrogen-bond acceptors (Lipinski definition) is 2. The molecule has 0 unspecified atom stereocenters. The lowest BCUT2D eigenvalue weighted by Gasteiger charge is -2.23. The van der Waals surface area contributed by atoms with Crippen molar-refractivity contribution in [2.75, 3.05) is 13.1 Å². The molecule has 1 atom stereocenters. The molecule has 18 heavy (non-hydrogen) atoms. The first-order chi connectivity index (χ1) is 8.18. The number of benzene rings is 1. The fourth-order valence-electron chi connectivity index (χ4n) is 1.92. The zero-order valence-corrected chi connectivity index (χ0v) is 11.3. The summed E-state index contributed by atoms with van der Waals surface area (Å²) in [7, 11) is 0. The summed E-state index contributed by atoms with van der Waals surface area (Å²) in [5, 5.41) is 5.96. The quantitative estimate of drug-likeness (QED) is 0.879. The van der Waals surface area contributed by atoms with Gasteiger partial charge in [0.2, 0.25) is 0 Å². The van der Waals surface area contributed by atoms with Gasteiger partial charge in [-0.25, -0.2) is 4.39 Å². The highest BCUT2D eigenvalue weighted by atomic mass is 35.5. The predicted molar refractivity (Wildman–Crippen MR) is 72.0 cm³/mol. The largest absolute Gasteiger partial charge is 0.348 e. The van der Waals surface area contributed by atoms with E-state index in [1.165, 1.54) is 12.1 Å². The number of rotatable bonds is 2. The van der Waals surface area contributed by atoms with Gasteiger partial charge in [0.05, 0.1) is 10.6 Å². The molecule has 0 radical (unpaired) electrons. The summed E-state index contributed by atoms with van der Waals surface area (Å²) in [5.41, 5.74) is 0.00285. The second-order valence-electron chi connectivity index (χ2n) is 4.12. The average Bonchev–Trinajstić information content (AvgIpc) is 2.34. The van der Waals surface area contributed by atoms with Crippen molar-refractivity contribution in [3.8, 4) is 0 Å². The molecule has 100 valence electrons. The Kier molecular flexibility index (Phi) is 5.85. The smallest absolute Gasteiger partial charge is 0.254 e. The van der Waals surface area contributed by atoms with Crippen LogP contribution in [0.1, 0.15) is 23.2 Å². The van der Waals surface area contributed by atoms with E-state index in [1.54, 1.807) is 6.07 Å². The molecule has 6 heteroatoms. The number of carbonyl (C=O) groups excluding carboxylic acids is 1. The van der Waals surface area contributed by atoms with Crippen molar-refractivity contribution in [3.05, 3.63) is 34.6 Å². The number of hydrogen-bond donors (Lipinski definition) is 2. The second kappa shape index (κ2) is 6.92. The van der Waals surface area contributed by atoms with E-state index < -0.39 is 11.7 Å². The number of nitrogens with one attached hydrogen (secondary N) is 2. The number of piperidine rings is 1. The van der Waals surface area contributed by atoms with Crippen LogP contribution in [0.4, 0.5) is 4.39 Å². The lowest BCUT2D eigenvalue weighted by atomic mass is 10.1. The molecule has 1 aliphatic rings. The van der Waals surface area contributed by atoms with Crippen LogP contribution < -0.4 is 10.6 Å². The van der Waals surface area contributed by atoms with E-state index in [0.29, 0.717) is 0 Å². The van der Waals surface area contributed by atoms with Crippen molar-refractivity contribution in [3.63, 3.8) is 0 Å². The normalized spacial score (nSPS) is 18.9. The third-order valence-corrected chi connectivity index (χ3v) is 3.12. The SMILES string of the molecule is Cl.O=C(N[C@@H]1CCCNC1)c1cccc(Cl)c1F. The number of carbonyl (C=O) groups is 1. The molecule has 0 spiro atoms. The van der Waals surface area contributed by atoms with Gasteiger partial charge >= 0.3 is 0 Å². The molecule has 0 saturated carbocycles. The Balaban J connectivity index is 0.00000162. The molecule has 1 fully saturated rings. The minimum absolute atomic E-state index is 0. The molecule has 2 N–H and O–H groups in total. The highest BCUT2D eigenvalue weighted by Gasteiger charge is 2.19. The Morgan fingerprint density at radius 3 is 2.94 bits per heavy atom. The molecular formula is C12H15Cl2FN2O. The summed E-state index contributed by atoms with van der Waals surface area (Å²) in [6, 6.07) is 4.50. The van der Waals surface area contributed by atoms with Crippen molar-refractivity contribution in [2.24, 2.45) is 0 Å². The van der Waals surface area contributed by atoms with Crippen LogP contribution in [0, 0.1) is 5.82 Å². The molecule has 3 nitrogen and oxygen atoms in total. The molecule has 1 aliphatic heterocycles. The lowest BCUT2D eigenvalue weighted by molar-refractivity contribution is 0.0926. The summed E-state index contributed by atoms with van der Waals surface area (Å²) in [4.78, 5) is 11.8. The highest BCUT2D eigenvalue weighted by Crippen LogP contribution is 2.18. The molecular weight excluding hydrogens is 278 g/mol. The molecule has 2 rings (SSSR count). The van der Waals surface area contributed by atoms with Gasteiger partial charge < -0.3 is 10.6 Å². The Labute approximate surface area is 116 Å². The van der Waals surface area contributed by atoms with Crippen LogP contribution >= 0.6 is 24.0 Å². The van der Waals surface area contributed by atoms with Crippen LogP contribution in [-0.4, -0.2) is 25.0 Å². The van der Waals surface area contributed by atoms with Gasteiger partial charge in [0.15, 0.2) is 5.82 Å². The Bertz CT molecular complexity index is 423. The van der Waals surface area contributed by atoms with Crippen molar-refractivity contribution in [1.82, 2.24) is 10.6 Å². The first kappa shape index (κ1) is 15.2. The summed E-state index contributed by atoms with van der Waals surface area (Å²) in [5.74, 6) is -1.06. The molecule has 0 aromatic heterocycles. The summed E-state index contributed by atoms with van der Waals surface area (Å²) < 4.78 is 13.6. The third-order valence-electron chi connectivity index (χ3n) is 2.83. The standard InChI is InChI=1S/C12H14ClFN2O.ClH/c13-10-5-1-4-9(11(10)14)12(17)16-8-3-2-6-15-7-8;/h1,4-5,8,15H,2-3,6-7H2,(H,16,17);1H/t8-;/m1./s1. The fourth-order valence-corrected chi connectivity index (χ4v) is 2.09. The first-order valence-electron chi connectivity index (χ1n) is 5.64. The van der Waals surface area contributed by atoms with Crippen LogP contribution in [0.25, 0.3) is 0 Å². The highest BCUT2D eigenvalue weighted by molar-refractivity contribution is 6.31. The van der Waals surface area contributed by atoms with E-state index in [1.807, 2.05) is 0 Å². The van der Waals surface area contributed by atoms with Crippen molar-refractivity contribution in [2.45, 2.75) is 18.9 Å². The molecule has 1 amide bonds. The van der Waals surface area contributed by atoms with Gasteiger partial charge in [-0.15, -0.1) is 12.4 Å². The maximum absolute atomic E-state index is 13.6. The van der Waals surface area contributed by atoms with Gasteiger partial charge in [-0.1, -0.05) is 17.7 Å². The van der Waals surface area contributed by atoms with Gasteiger partial charge in [-0.05, 0) is 31.5 Å². The zero-order chi connectivity index (χ0) is 12.3. The maximum Gasteiger partial charge on any atom is 0.254 e. The van der Waals surface area contributed by atoms with Crippen LogP contribution in [0.15, 0.2) is 18.2 Å². The van der Waals surface area contributed by atoms with Crippen LogP contribution in [0.3, 0.4) is 0 Å². The van der Waals surface area contributed by atoms with Gasteiger partial charge in [-0.2, -0.15) is 0 Å². The van der Waals surface area contributed by atoms with Crippen LogP contribution in [0.2, 0.25) is 5.02 Å². The first-order valence-corrected chi connectivity index (χ1v) is 6.02. The van der Waals surface area contributed by atoms with Gasteiger partial charge in [0.25, 0.3) is 5.91 Å². The molecule has 1 saturated heterocycles. The van der Waals surface area contributed by atoms with E-state index in [4.69, 9.17) is 11.6 Å². The fraction of sp³-hybridized carbons (Fsp3) is 0.417. The second-order valence-corrected chi connectivity index (χ2v) is 4.53. The van der Waals surface area contributed by atoms with Crippen molar-refractivity contribution >= 4 is 29.9 Å². The zero-order valence-electron chi connectivity index (χ0n) is 9.71.